The van der Waals surface area contributed by atoms with Crippen LogP contribution < -0.4 is 4.90 Å². The van der Waals surface area contributed by atoms with Gasteiger partial charge in [0.2, 0.25) is 0 Å². The van der Waals surface area contributed by atoms with Crippen molar-refractivity contribution in [3.8, 4) is 0 Å². The average molecular weight is 287 g/mol. The van der Waals surface area contributed by atoms with E-state index in [-0.39, 0.29) is 17.7 Å². The molecule has 0 bridgehead atoms. The van der Waals surface area contributed by atoms with Crippen molar-refractivity contribution in [3.05, 3.63) is 41.5 Å². The Morgan fingerprint density at radius 2 is 1.76 bits per heavy atom. The van der Waals surface area contributed by atoms with Crippen molar-refractivity contribution in [2.75, 3.05) is 25.6 Å². The largest absolute Gasteiger partial charge is 0.478 e. The molecule has 0 aliphatic heterocycles. The fourth-order valence-electron chi connectivity index (χ4n) is 2.12. The van der Waals surface area contributed by atoms with Gasteiger partial charge < -0.3 is 14.7 Å². The van der Waals surface area contributed by atoms with Crippen molar-refractivity contribution in [1.29, 1.82) is 0 Å². The third-order valence-corrected chi connectivity index (χ3v) is 3.20. The van der Waals surface area contributed by atoms with Gasteiger partial charge >= 0.3 is 11.9 Å². The summed E-state index contributed by atoms with van der Waals surface area (Å²) < 4.78 is 4.93. The number of ether oxygens (including phenoxy) is 1. The summed E-state index contributed by atoms with van der Waals surface area (Å²) in [5, 5.41) is 10.8. The van der Waals surface area contributed by atoms with Crippen molar-refractivity contribution in [3.63, 3.8) is 0 Å². The molecule has 1 N–H and O–H groups in total. The summed E-state index contributed by atoms with van der Waals surface area (Å²) in [5.74, 6) is -1.76. The van der Waals surface area contributed by atoms with Gasteiger partial charge in [-0.05, 0) is 42.0 Å². The van der Waals surface area contributed by atoms with Crippen LogP contribution in [0.4, 0.5) is 5.69 Å². The number of carbonyl (C=O) groups excluding carboxylic acids is 1. The number of carboxylic acids is 1. The molecule has 2 rings (SSSR count). The normalized spacial score (nSPS) is 10.4. The van der Waals surface area contributed by atoms with Gasteiger partial charge in [-0.3, -0.25) is 0 Å². The third-order valence-electron chi connectivity index (χ3n) is 3.20. The number of fused-ring (bicyclic) bond motifs is 1. The van der Waals surface area contributed by atoms with Crippen LogP contribution in [0.3, 0.4) is 0 Å². The SMILES string of the molecule is CCOC(=O)c1cc2cc(N(C)C)ccc2cc1C(=O)O. The van der Waals surface area contributed by atoms with Gasteiger partial charge in [0.1, 0.15) is 0 Å². The Kier molecular flexibility index (Phi) is 4.12. The number of esters is 1. The zero-order chi connectivity index (χ0) is 15.6. The number of hydrogen-bond acceptors (Lipinski definition) is 4. The second-order valence-electron chi connectivity index (χ2n) is 4.85. The highest BCUT2D eigenvalue weighted by molar-refractivity contribution is 6.07. The van der Waals surface area contributed by atoms with Gasteiger partial charge in [0.15, 0.2) is 0 Å². The number of hydrogen-bond donors (Lipinski definition) is 1. The molecule has 0 aliphatic carbocycles. The highest BCUT2D eigenvalue weighted by Crippen LogP contribution is 2.25. The quantitative estimate of drug-likeness (QED) is 0.876. The zero-order valence-electron chi connectivity index (χ0n) is 12.2. The second kappa shape index (κ2) is 5.83. The number of carbonyl (C=O) groups is 2. The van der Waals surface area contributed by atoms with Gasteiger partial charge in [-0.1, -0.05) is 6.07 Å². The maximum Gasteiger partial charge on any atom is 0.339 e. The Labute approximate surface area is 122 Å². The summed E-state index contributed by atoms with van der Waals surface area (Å²) >= 11 is 0. The maximum absolute atomic E-state index is 11.9. The molecule has 0 saturated carbocycles. The van der Waals surface area contributed by atoms with E-state index < -0.39 is 11.9 Å². The van der Waals surface area contributed by atoms with Crippen molar-refractivity contribution in [2.45, 2.75) is 6.92 Å². The van der Waals surface area contributed by atoms with E-state index in [2.05, 4.69) is 0 Å². The zero-order valence-corrected chi connectivity index (χ0v) is 12.2. The highest BCUT2D eigenvalue weighted by atomic mass is 16.5. The van der Waals surface area contributed by atoms with E-state index in [4.69, 9.17) is 4.74 Å². The first-order chi connectivity index (χ1) is 9.93. The fourth-order valence-corrected chi connectivity index (χ4v) is 2.12. The molecule has 110 valence electrons. The molecule has 0 saturated heterocycles. The van der Waals surface area contributed by atoms with E-state index >= 15 is 0 Å². The Hall–Kier alpha value is -2.56. The molecule has 0 unspecified atom stereocenters. The summed E-state index contributed by atoms with van der Waals surface area (Å²) in [4.78, 5) is 25.2. The Morgan fingerprint density at radius 3 is 2.33 bits per heavy atom. The number of benzene rings is 2. The highest BCUT2D eigenvalue weighted by Gasteiger charge is 2.18. The van der Waals surface area contributed by atoms with Crippen LogP contribution >= 0.6 is 0 Å². The van der Waals surface area contributed by atoms with Crippen LogP contribution in [-0.2, 0) is 4.74 Å². The lowest BCUT2D eigenvalue weighted by atomic mass is 10.0. The molecule has 0 atom stereocenters. The van der Waals surface area contributed by atoms with Crippen molar-refractivity contribution in [2.24, 2.45) is 0 Å². The minimum atomic E-state index is -1.14. The van der Waals surface area contributed by atoms with Gasteiger partial charge in [0.25, 0.3) is 0 Å². The van der Waals surface area contributed by atoms with Crippen LogP contribution in [0.15, 0.2) is 30.3 Å². The van der Waals surface area contributed by atoms with Gasteiger partial charge in [0, 0.05) is 19.8 Å². The van der Waals surface area contributed by atoms with Crippen LogP contribution in [0, 0.1) is 0 Å². The number of nitrogens with zero attached hydrogens (tertiary/aromatic N) is 1. The van der Waals surface area contributed by atoms with Crippen LogP contribution in [0.25, 0.3) is 10.8 Å². The molecule has 2 aromatic rings. The van der Waals surface area contributed by atoms with Crippen molar-refractivity contribution < 1.29 is 19.4 Å². The second-order valence-corrected chi connectivity index (χ2v) is 4.85. The van der Waals surface area contributed by atoms with Crippen LogP contribution in [0.1, 0.15) is 27.6 Å². The van der Waals surface area contributed by atoms with Crippen LogP contribution in [0.5, 0.6) is 0 Å². The lowest BCUT2D eigenvalue weighted by Gasteiger charge is -2.14. The van der Waals surface area contributed by atoms with Gasteiger partial charge in [-0.2, -0.15) is 0 Å². The molecule has 2 aromatic carbocycles. The van der Waals surface area contributed by atoms with Crippen LogP contribution in [-0.4, -0.2) is 37.7 Å². The van der Waals surface area contributed by atoms with Gasteiger partial charge in [-0.15, -0.1) is 0 Å². The molecule has 21 heavy (non-hydrogen) atoms. The van der Waals surface area contributed by atoms with E-state index in [0.717, 1.165) is 16.5 Å². The number of anilines is 1. The maximum atomic E-state index is 11.9. The molecule has 0 amide bonds. The standard InChI is InChI=1S/C16H17NO4/c1-4-21-16(20)14-9-11-7-12(17(2)3)6-5-10(11)8-13(14)15(18)19/h5-9H,4H2,1-3H3,(H,18,19). The third kappa shape index (κ3) is 2.97. The first kappa shape index (κ1) is 14.8. The minimum absolute atomic E-state index is 0.0430. The molecule has 0 aromatic heterocycles. The van der Waals surface area contributed by atoms with Crippen molar-refractivity contribution >= 4 is 28.4 Å². The molecule has 0 spiro atoms. The summed E-state index contributed by atoms with van der Waals surface area (Å²) in [6.07, 6.45) is 0. The average Bonchev–Trinajstić information content (AvgIpc) is 2.45. The van der Waals surface area contributed by atoms with Crippen molar-refractivity contribution in [1.82, 2.24) is 0 Å². The number of carboxylic acid groups (broad SMARTS) is 1. The molecule has 5 nitrogen and oxygen atoms in total. The lowest BCUT2D eigenvalue weighted by Crippen LogP contribution is -2.12. The molecule has 0 heterocycles. The first-order valence-corrected chi connectivity index (χ1v) is 6.59. The Bertz CT molecular complexity index is 707. The van der Waals surface area contributed by atoms with E-state index in [0.29, 0.717) is 0 Å². The summed E-state index contributed by atoms with van der Waals surface area (Å²) in [6, 6.07) is 8.72. The topological polar surface area (TPSA) is 66.8 Å². The summed E-state index contributed by atoms with van der Waals surface area (Å²) in [7, 11) is 3.83. The van der Waals surface area contributed by atoms with Crippen LogP contribution in [0.2, 0.25) is 0 Å². The molecular formula is C16H17NO4. The lowest BCUT2D eigenvalue weighted by molar-refractivity contribution is 0.0515. The van der Waals surface area contributed by atoms with E-state index in [1.54, 1.807) is 13.0 Å². The van der Waals surface area contributed by atoms with E-state index in [1.165, 1.54) is 6.07 Å². The van der Waals surface area contributed by atoms with Gasteiger partial charge in [-0.25, -0.2) is 9.59 Å². The first-order valence-electron chi connectivity index (χ1n) is 6.59. The fraction of sp³-hybridized carbons (Fsp3) is 0.250. The molecule has 0 fully saturated rings. The Morgan fingerprint density at radius 1 is 1.10 bits per heavy atom. The molecule has 0 radical (unpaired) electrons. The predicted octanol–water partition coefficient (Wildman–Crippen LogP) is 2.78. The molecular weight excluding hydrogens is 270 g/mol. The predicted molar refractivity (Wildman–Crippen MR) is 81.2 cm³/mol. The monoisotopic (exact) mass is 287 g/mol. The Balaban J connectivity index is 2.66. The van der Waals surface area contributed by atoms with Gasteiger partial charge in [0.05, 0.1) is 17.7 Å². The van der Waals surface area contributed by atoms with E-state index in [1.807, 2.05) is 37.2 Å². The number of aromatic carboxylic acids is 1. The van der Waals surface area contributed by atoms with E-state index in [9.17, 15) is 14.7 Å². The summed E-state index contributed by atoms with van der Waals surface area (Å²) in [6.45, 7) is 1.89. The number of rotatable bonds is 4. The molecule has 0 aliphatic rings. The molecule has 5 heteroatoms. The smallest absolute Gasteiger partial charge is 0.339 e. The summed E-state index contributed by atoms with van der Waals surface area (Å²) in [5.41, 5.74) is 1.01. The minimum Gasteiger partial charge on any atom is -0.478 e.